The van der Waals surface area contributed by atoms with Crippen molar-refractivity contribution >= 4 is 11.6 Å². The van der Waals surface area contributed by atoms with Crippen molar-refractivity contribution < 1.29 is 4.79 Å². The van der Waals surface area contributed by atoms with Crippen molar-refractivity contribution in [3.8, 4) is 5.69 Å². The monoisotopic (exact) mass is 230 g/mol. The van der Waals surface area contributed by atoms with Gasteiger partial charge in [0.15, 0.2) is 0 Å². The second-order valence-electron chi connectivity index (χ2n) is 3.58. The summed E-state index contributed by atoms with van der Waals surface area (Å²) >= 11 is 0. The van der Waals surface area contributed by atoms with E-state index in [2.05, 4.69) is 15.7 Å². The molecule has 0 bridgehead atoms. The maximum atomic E-state index is 11.4. The molecule has 0 aliphatic rings. The number of hydrogen-bond donors (Lipinski definition) is 2. The zero-order chi connectivity index (χ0) is 12.1. The van der Waals surface area contributed by atoms with E-state index in [1.54, 1.807) is 17.9 Å². The summed E-state index contributed by atoms with van der Waals surface area (Å²) < 4.78 is 1.74. The molecule has 0 radical (unpaired) electrons. The molecular weight excluding hydrogens is 216 g/mol. The van der Waals surface area contributed by atoms with E-state index >= 15 is 0 Å². The Morgan fingerprint density at radius 2 is 2.29 bits per heavy atom. The number of likely N-dealkylation sites (N-methyl/N-ethyl adjacent to an activating group) is 1. The third-order valence-electron chi connectivity index (χ3n) is 2.24. The van der Waals surface area contributed by atoms with Gasteiger partial charge in [0.25, 0.3) is 0 Å². The average molecular weight is 230 g/mol. The van der Waals surface area contributed by atoms with E-state index in [1.807, 2.05) is 36.5 Å². The highest BCUT2D eigenvalue weighted by atomic mass is 16.1. The molecule has 1 amide bonds. The third-order valence-corrected chi connectivity index (χ3v) is 2.24. The van der Waals surface area contributed by atoms with Crippen LogP contribution in [0.4, 0.5) is 5.69 Å². The van der Waals surface area contributed by atoms with Gasteiger partial charge >= 0.3 is 0 Å². The second-order valence-corrected chi connectivity index (χ2v) is 3.58. The number of rotatable bonds is 4. The summed E-state index contributed by atoms with van der Waals surface area (Å²) in [5, 5.41) is 9.74. The number of nitrogens with zero attached hydrogens (tertiary/aromatic N) is 2. The van der Waals surface area contributed by atoms with Crippen molar-refractivity contribution in [2.24, 2.45) is 0 Å². The van der Waals surface area contributed by atoms with Crippen molar-refractivity contribution in [2.45, 2.75) is 0 Å². The van der Waals surface area contributed by atoms with Gasteiger partial charge in [0.2, 0.25) is 5.91 Å². The summed E-state index contributed by atoms with van der Waals surface area (Å²) in [6, 6.07) is 9.39. The number of carbonyl (C=O) groups is 1. The Labute approximate surface area is 99.5 Å². The fourth-order valence-corrected chi connectivity index (χ4v) is 1.51. The van der Waals surface area contributed by atoms with Crippen LogP contribution in [-0.4, -0.2) is 29.3 Å². The zero-order valence-electron chi connectivity index (χ0n) is 9.55. The van der Waals surface area contributed by atoms with Crippen LogP contribution in [0.3, 0.4) is 0 Å². The van der Waals surface area contributed by atoms with E-state index in [0.29, 0.717) is 6.54 Å². The van der Waals surface area contributed by atoms with Gasteiger partial charge in [-0.1, -0.05) is 6.07 Å². The lowest BCUT2D eigenvalue weighted by atomic mass is 10.2. The van der Waals surface area contributed by atoms with Crippen molar-refractivity contribution in [1.82, 2.24) is 15.1 Å². The minimum absolute atomic E-state index is 0.0647. The van der Waals surface area contributed by atoms with Crippen LogP contribution in [0.25, 0.3) is 5.69 Å². The zero-order valence-corrected chi connectivity index (χ0v) is 9.55. The summed E-state index contributed by atoms with van der Waals surface area (Å²) in [5.41, 5.74) is 1.68. The van der Waals surface area contributed by atoms with Gasteiger partial charge < -0.3 is 10.6 Å². The summed E-state index contributed by atoms with van der Waals surface area (Å²) in [4.78, 5) is 11.4. The van der Waals surface area contributed by atoms with E-state index < -0.39 is 0 Å². The van der Waals surface area contributed by atoms with Gasteiger partial charge in [0, 0.05) is 18.1 Å². The maximum Gasteiger partial charge on any atom is 0.238 e. The number of carbonyl (C=O) groups excluding carboxylic acids is 1. The molecule has 88 valence electrons. The van der Waals surface area contributed by atoms with E-state index in [4.69, 9.17) is 0 Å². The van der Waals surface area contributed by atoms with Crippen LogP contribution < -0.4 is 10.6 Å². The molecule has 0 saturated carbocycles. The molecule has 2 N–H and O–H groups in total. The molecule has 0 saturated heterocycles. The molecule has 1 heterocycles. The molecule has 2 aromatic rings. The Morgan fingerprint density at radius 1 is 1.41 bits per heavy atom. The van der Waals surface area contributed by atoms with Crippen LogP contribution in [0.1, 0.15) is 0 Å². The topological polar surface area (TPSA) is 59.0 Å². The normalized spacial score (nSPS) is 10.2. The van der Waals surface area contributed by atoms with E-state index in [0.717, 1.165) is 11.4 Å². The molecule has 5 heteroatoms. The number of anilines is 1. The van der Waals surface area contributed by atoms with Crippen molar-refractivity contribution in [3.05, 3.63) is 42.7 Å². The number of hydrogen-bond acceptors (Lipinski definition) is 3. The van der Waals surface area contributed by atoms with Crippen molar-refractivity contribution in [1.29, 1.82) is 0 Å². The Bertz CT molecular complexity index is 493. The van der Waals surface area contributed by atoms with E-state index in [-0.39, 0.29) is 5.91 Å². The van der Waals surface area contributed by atoms with Crippen LogP contribution in [0.15, 0.2) is 42.7 Å². The molecule has 1 aromatic carbocycles. The first-order valence-electron chi connectivity index (χ1n) is 5.34. The standard InChI is InChI=1S/C12H14N4O/c1-13-9-12(17)15-10-4-2-5-11(8-10)16-7-3-6-14-16/h2-8,13H,9H2,1H3,(H,15,17). The molecule has 0 spiro atoms. The second kappa shape index (κ2) is 5.27. The molecule has 1 aromatic heterocycles. The lowest BCUT2D eigenvalue weighted by Crippen LogP contribution is -2.25. The first-order valence-corrected chi connectivity index (χ1v) is 5.34. The molecular formula is C12H14N4O. The molecule has 0 aliphatic heterocycles. The minimum Gasteiger partial charge on any atom is -0.325 e. The molecule has 5 nitrogen and oxygen atoms in total. The predicted octanol–water partition coefficient (Wildman–Crippen LogP) is 1.03. The Balaban J connectivity index is 2.15. The minimum atomic E-state index is -0.0647. The Hall–Kier alpha value is -2.14. The van der Waals surface area contributed by atoms with Crippen LogP contribution >= 0.6 is 0 Å². The lowest BCUT2D eigenvalue weighted by Gasteiger charge is -2.07. The van der Waals surface area contributed by atoms with Gasteiger partial charge in [-0.15, -0.1) is 0 Å². The highest BCUT2D eigenvalue weighted by Crippen LogP contribution is 2.13. The van der Waals surface area contributed by atoms with Gasteiger partial charge in [-0.05, 0) is 31.3 Å². The molecule has 0 atom stereocenters. The van der Waals surface area contributed by atoms with Gasteiger partial charge in [-0.3, -0.25) is 4.79 Å². The Morgan fingerprint density at radius 3 is 3.00 bits per heavy atom. The number of benzene rings is 1. The van der Waals surface area contributed by atoms with E-state index in [1.165, 1.54) is 0 Å². The van der Waals surface area contributed by atoms with Gasteiger partial charge in [0.05, 0.1) is 12.2 Å². The van der Waals surface area contributed by atoms with Crippen LogP contribution in [0.2, 0.25) is 0 Å². The van der Waals surface area contributed by atoms with Crippen molar-refractivity contribution in [3.63, 3.8) is 0 Å². The first kappa shape index (κ1) is 11.3. The summed E-state index contributed by atoms with van der Waals surface area (Å²) in [6.45, 7) is 0.298. The number of aromatic nitrogens is 2. The van der Waals surface area contributed by atoms with Gasteiger partial charge in [-0.2, -0.15) is 5.10 Å². The highest BCUT2D eigenvalue weighted by Gasteiger charge is 2.02. The van der Waals surface area contributed by atoms with Crippen LogP contribution in [-0.2, 0) is 4.79 Å². The maximum absolute atomic E-state index is 11.4. The fourth-order valence-electron chi connectivity index (χ4n) is 1.51. The number of amides is 1. The summed E-state index contributed by atoms with van der Waals surface area (Å²) in [7, 11) is 1.74. The summed E-state index contributed by atoms with van der Waals surface area (Å²) in [5.74, 6) is -0.0647. The largest absolute Gasteiger partial charge is 0.325 e. The van der Waals surface area contributed by atoms with Gasteiger partial charge in [-0.25, -0.2) is 4.68 Å². The quantitative estimate of drug-likeness (QED) is 0.824. The van der Waals surface area contributed by atoms with Gasteiger partial charge in [0.1, 0.15) is 0 Å². The summed E-state index contributed by atoms with van der Waals surface area (Å²) in [6.07, 6.45) is 3.57. The third kappa shape index (κ3) is 2.92. The number of nitrogens with one attached hydrogen (secondary N) is 2. The Kier molecular flexibility index (Phi) is 3.52. The molecule has 0 aliphatic carbocycles. The highest BCUT2D eigenvalue weighted by molar-refractivity contribution is 5.92. The SMILES string of the molecule is CNCC(=O)Nc1cccc(-n2cccn2)c1. The van der Waals surface area contributed by atoms with Crippen LogP contribution in [0, 0.1) is 0 Å². The average Bonchev–Trinajstić information content (AvgIpc) is 2.83. The smallest absolute Gasteiger partial charge is 0.238 e. The molecule has 17 heavy (non-hydrogen) atoms. The molecule has 0 unspecified atom stereocenters. The van der Waals surface area contributed by atoms with E-state index in [9.17, 15) is 4.79 Å². The predicted molar refractivity (Wildman–Crippen MR) is 66.1 cm³/mol. The van der Waals surface area contributed by atoms with Crippen LogP contribution in [0.5, 0.6) is 0 Å². The first-order chi connectivity index (χ1) is 8.29. The lowest BCUT2D eigenvalue weighted by molar-refractivity contribution is -0.115. The van der Waals surface area contributed by atoms with Crippen molar-refractivity contribution in [2.75, 3.05) is 18.9 Å². The molecule has 2 rings (SSSR count). The fraction of sp³-hybridized carbons (Fsp3) is 0.167. The molecule has 0 fully saturated rings.